The molecule has 9 heteroatoms. The van der Waals surface area contributed by atoms with Crippen molar-refractivity contribution in [3.05, 3.63) is 55.1 Å². The number of likely N-dealkylation sites (tertiary alicyclic amines) is 1. The Labute approximate surface area is 209 Å². The first-order valence-electron chi connectivity index (χ1n) is 12.0. The van der Waals surface area contributed by atoms with Gasteiger partial charge in [-0.25, -0.2) is 9.78 Å². The van der Waals surface area contributed by atoms with E-state index in [9.17, 15) is 9.90 Å². The van der Waals surface area contributed by atoms with Gasteiger partial charge >= 0.3 is 6.09 Å². The standard InChI is InChI=1S/C27H30N6O3/c1-27(2,3)36-26(35)32-8-6-21(7-9-32)33-16-20(15-31-33)19-11-23(25(28)30-14-19)24-12-18-10-22(34)5-4-17(18)13-29-24/h4-5,10-16,21,34H,6-9H2,1-3H3,(H2,28,30). The number of aromatic hydroxyl groups is 1. The maximum atomic E-state index is 12.4. The molecule has 1 aliphatic heterocycles. The number of phenols is 1. The second-order valence-electron chi connectivity index (χ2n) is 10.2. The SMILES string of the molecule is CC(C)(C)OC(=O)N1CCC(n2cc(-c3cnc(N)c(-c4cc5cc(O)ccc5cn4)c3)cn2)CC1. The maximum Gasteiger partial charge on any atom is 0.410 e. The molecule has 3 N–H and O–H groups in total. The Morgan fingerprint density at radius 2 is 1.81 bits per heavy atom. The molecule has 0 saturated carbocycles. The molecule has 1 fully saturated rings. The second kappa shape index (κ2) is 9.14. The molecule has 0 radical (unpaired) electrons. The van der Waals surface area contributed by atoms with Gasteiger partial charge in [-0.05, 0) is 69.3 Å². The van der Waals surface area contributed by atoms with E-state index in [0.29, 0.717) is 24.6 Å². The average Bonchev–Trinajstić information content (AvgIpc) is 3.33. The van der Waals surface area contributed by atoms with E-state index in [1.165, 1.54) is 0 Å². The summed E-state index contributed by atoms with van der Waals surface area (Å²) in [5.74, 6) is 0.580. The number of ether oxygens (including phenoxy) is 1. The Morgan fingerprint density at radius 1 is 1.03 bits per heavy atom. The first-order chi connectivity index (χ1) is 17.2. The van der Waals surface area contributed by atoms with Gasteiger partial charge in [-0.2, -0.15) is 5.10 Å². The van der Waals surface area contributed by atoms with Crippen molar-refractivity contribution in [2.75, 3.05) is 18.8 Å². The van der Waals surface area contributed by atoms with Crippen molar-refractivity contribution in [2.45, 2.75) is 45.3 Å². The summed E-state index contributed by atoms with van der Waals surface area (Å²) in [5.41, 5.74) is 8.92. The molecule has 1 aromatic carbocycles. The highest BCUT2D eigenvalue weighted by Crippen LogP contribution is 2.32. The number of rotatable bonds is 3. The number of hydrogen-bond acceptors (Lipinski definition) is 7. The first kappa shape index (κ1) is 23.6. The van der Waals surface area contributed by atoms with E-state index in [1.807, 2.05) is 56.0 Å². The van der Waals surface area contributed by atoms with E-state index in [0.717, 1.165) is 40.3 Å². The Balaban J connectivity index is 1.33. The average molecular weight is 487 g/mol. The van der Waals surface area contributed by atoms with Gasteiger partial charge in [-0.15, -0.1) is 0 Å². The van der Waals surface area contributed by atoms with E-state index in [4.69, 9.17) is 10.5 Å². The van der Waals surface area contributed by atoms with Gasteiger partial charge in [-0.1, -0.05) is 0 Å². The van der Waals surface area contributed by atoms with Crippen LogP contribution in [-0.4, -0.2) is 54.5 Å². The summed E-state index contributed by atoms with van der Waals surface area (Å²) in [6, 6.07) is 9.23. The van der Waals surface area contributed by atoms with Crippen molar-refractivity contribution in [3.63, 3.8) is 0 Å². The van der Waals surface area contributed by atoms with E-state index in [1.54, 1.807) is 29.4 Å². The fourth-order valence-electron chi connectivity index (χ4n) is 4.44. The highest BCUT2D eigenvalue weighted by Gasteiger charge is 2.28. The molecule has 0 aliphatic carbocycles. The zero-order chi connectivity index (χ0) is 25.4. The van der Waals surface area contributed by atoms with Crippen molar-refractivity contribution in [3.8, 4) is 28.1 Å². The first-order valence-corrected chi connectivity index (χ1v) is 12.0. The van der Waals surface area contributed by atoms with E-state index >= 15 is 0 Å². The Bertz CT molecular complexity index is 1420. The Hall–Kier alpha value is -4.14. The van der Waals surface area contributed by atoms with Crippen molar-refractivity contribution in [1.29, 1.82) is 0 Å². The smallest absolute Gasteiger partial charge is 0.410 e. The maximum absolute atomic E-state index is 12.4. The second-order valence-corrected chi connectivity index (χ2v) is 10.2. The molecular formula is C27H30N6O3. The summed E-state index contributed by atoms with van der Waals surface area (Å²) in [6.07, 6.45) is 8.68. The molecule has 1 saturated heterocycles. The number of amides is 1. The number of benzene rings is 1. The van der Waals surface area contributed by atoms with Crippen LogP contribution in [-0.2, 0) is 4.74 Å². The van der Waals surface area contributed by atoms with Crippen LogP contribution in [0.15, 0.2) is 55.1 Å². The molecule has 0 unspecified atom stereocenters. The van der Waals surface area contributed by atoms with Gasteiger partial charge in [0.05, 0.1) is 17.9 Å². The lowest BCUT2D eigenvalue weighted by atomic mass is 10.0. The van der Waals surface area contributed by atoms with Crippen LogP contribution in [0.1, 0.15) is 39.7 Å². The number of pyridine rings is 2. The third kappa shape index (κ3) is 4.95. The summed E-state index contributed by atoms with van der Waals surface area (Å²) in [6.45, 7) is 6.89. The molecular weight excluding hydrogens is 456 g/mol. The molecule has 4 heterocycles. The number of aromatic nitrogens is 4. The third-order valence-corrected chi connectivity index (χ3v) is 6.32. The minimum Gasteiger partial charge on any atom is -0.508 e. The van der Waals surface area contributed by atoms with Crippen molar-refractivity contribution in [1.82, 2.24) is 24.6 Å². The number of piperidine rings is 1. The molecule has 1 amide bonds. The van der Waals surface area contributed by atoms with Crippen LogP contribution in [0.4, 0.5) is 10.6 Å². The molecule has 4 aromatic rings. The predicted octanol–water partition coefficient (Wildman–Crippen LogP) is 5.02. The number of carbonyl (C=O) groups is 1. The van der Waals surface area contributed by atoms with Crippen LogP contribution in [0.2, 0.25) is 0 Å². The van der Waals surface area contributed by atoms with Gasteiger partial charge in [0.15, 0.2) is 0 Å². The number of nitrogens with zero attached hydrogens (tertiary/aromatic N) is 5. The monoisotopic (exact) mass is 486 g/mol. The zero-order valence-corrected chi connectivity index (χ0v) is 20.7. The van der Waals surface area contributed by atoms with Crippen LogP contribution in [0.3, 0.4) is 0 Å². The van der Waals surface area contributed by atoms with Crippen LogP contribution in [0, 0.1) is 0 Å². The summed E-state index contributed by atoms with van der Waals surface area (Å²) >= 11 is 0. The normalized spacial score (nSPS) is 14.8. The summed E-state index contributed by atoms with van der Waals surface area (Å²) in [7, 11) is 0. The molecule has 1 aliphatic rings. The van der Waals surface area contributed by atoms with Crippen LogP contribution >= 0.6 is 0 Å². The fourth-order valence-corrected chi connectivity index (χ4v) is 4.44. The quantitative estimate of drug-likeness (QED) is 0.417. The predicted molar refractivity (Wildman–Crippen MR) is 138 cm³/mol. The molecule has 36 heavy (non-hydrogen) atoms. The molecule has 186 valence electrons. The minimum atomic E-state index is -0.499. The van der Waals surface area contributed by atoms with E-state index < -0.39 is 5.60 Å². The summed E-state index contributed by atoms with van der Waals surface area (Å²) in [5, 5.41) is 16.2. The third-order valence-electron chi connectivity index (χ3n) is 6.32. The Morgan fingerprint density at radius 3 is 2.56 bits per heavy atom. The lowest BCUT2D eigenvalue weighted by molar-refractivity contribution is 0.0185. The number of hydrogen-bond donors (Lipinski definition) is 2. The van der Waals surface area contributed by atoms with E-state index in [2.05, 4.69) is 15.1 Å². The van der Waals surface area contributed by atoms with Crippen molar-refractivity contribution >= 4 is 22.7 Å². The van der Waals surface area contributed by atoms with Gasteiger partial charge in [0.1, 0.15) is 17.2 Å². The number of nitrogens with two attached hydrogens (primary N) is 1. The van der Waals surface area contributed by atoms with Gasteiger partial charge in [0, 0.05) is 53.8 Å². The van der Waals surface area contributed by atoms with E-state index in [-0.39, 0.29) is 17.9 Å². The minimum absolute atomic E-state index is 0.198. The molecule has 9 nitrogen and oxygen atoms in total. The number of phenolic OH excluding ortho intramolecular Hbond substituents is 1. The lowest BCUT2D eigenvalue weighted by Gasteiger charge is -2.33. The van der Waals surface area contributed by atoms with Crippen molar-refractivity contribution in [2.24, 2.45) is 0 Å². The largest absolute Gasteiger partial charge is 0.508 e. The fraction of sp³-hybridized carbons (Fsp3) is 0.333. The zero-order valence-electron chi connectivity index (χ0n) is 20.7. The van der Waals surface area contributed by atoms with Gasteiger partial charge < -0.3 is 20.5 Å². The van der Waals surface area contributed by atoms with Gasteiger partial charge in [-0.3, -0.25) is 9.67 Å². The molecule has 3 aromatic heterocycles. The van der Waals surface area contributed by atoms with Crippen LogP contribution in [0.25, 0.3) is 33.2 Å². The molecule has 5 rings (SSSR count). The van der Waals surface area contributed by atoms with Gasteiger partial charge in [0.2, 0.25) is 0 Å². The number of carbonyl (C=O) groups excluding carboxylic acids is 1. The lowest BCUT2D eigenvalue weighted by Crippen LogP contribution is -2.42. The van der Waals surface area contributed by atoms with Crippen LogP contribution < -0.4 is 5.73 Å². The number of anilines is 1. The molecule has 0 spiro atoms. The highest BCUT2D eigenvalue weighted by molar-refractivity contribution is 5.88. The summed E-state index contributed by atoms with van der Waals surface area (Å²) < 4.78 is 7.46. The van der Waals surface area contributed by atoms with Crippen molar-refractivity contribution < 1.29 is 14.6 Å². The number of fused-ring (bicyclic) bond motifs is 1. The number of nitrogen functional groups attached to an aromatic ring is 1. The topological polar surface area (TPSA) is 119 Å². The molecule has 0 bridgehead atoms. The Kier molecular flexibility index (Phi) is 5.99. The highest BCUT2D eigenvalue weighted by atomic mass is 16.6. The summed E-state index contributed by atoms with van der Waals surface area (Å²) in [4.78, 5) is 23.1. The van der Waals surface area contributed by atoms with Crippen LogP contribution in [0.5, 0.6) is 5.75 Å². The van der Waals surface area contributed by atoms with Gasteiger partial charge in [0.25, 0.3) is 0 Å². The molecule has 0 atom stereocenters.